The first-order valence-corrected chi connectivity index (χ1v) is 8.44. The normalized spacial score (nSPS) is 20.2. The number of nitrogens with zero attached hydrogens (tertiary/aromatic N) is 2. The van der Waals surface area contributed by atoms with Crippen molar-refractivity contribution in [3.8, 4) is 0 Å². The summed E-state index contributed by atoms with van der Waals surface area (Å²) in [4.78, 5) is 32.5. The van der Waals surface area contributed by atoms with Gasteiger partial charge >= 0.3 is 5.69 Å². The summed E-state index contributed by atoms with van der Waals surface area (Å²) >= 11 is 1.59. The Bertz CT molecular complexity index is 809. The number of aryl methyl sites for hydroxylation is 2. The summed E-state index contributed by atoms with van der Waals surface area (Å²) in [6, 6.07) is 0.0406. The summed E-state index contributed by atoms with van der Waals surface area (Å²) in [7, 11) is 2.08. The average molecular weight is 305 g/mol. The van der Waals surface area contributed by atoms with Crippen molar-refractivity contribution in [2.24, 2.45) is 0 Å². The minimum atomic E-state index is -0.234. The number of thiophene rings is 1. The predicted octanol–water partition coefficient (Wildman–Crippen LogP) is 1.51. The first-order chi connectivity index (χ1) is 10.1. The van der Waals surface area contributed by atoms with Crippen LogP contribution in [-0.4, -0.2) is 34.6 Å². The van der Waals surface area contributed by atoms with Crippen LogP contribution in [0, 0.1) is 0 Å². The number of nitrogens with one attached hydrogen (secondary N) is 1. The Morgan fingerprint density at radius 1 is 1.19 bits per heavy atom. The topological polar surface area (TPSA) is 58.1 Å². The summed E-state index contributed by atoms with van der Waals surface area (Å²) in [6.07, 6.45) is 4.90. The highest BCUT2D eigenvalue weighted by Crippen LogP contribution is 2.34. The van der Waals surface area contributed by atoms with E-state index in [1.165, 1.54) is 15.0 Å². The van der Waals surface area contributed by atoms with Crippen LogP contribution in [0.2, 0.25) is 0 Å². The summed E-state index contributed by atoms with van der Waals surface area (Å²) in [5, 5.41) is 0.783. The maximum absolute atomic E-state index is 12.9. The zero-order chi connectivity index (χ0) is 14.6. The molecule has 4 rings (SSSR count). The Labute approximate surface area is 126 Å². The lowest BCUT2D eigenvalue weighted by Gasteiger charge is -2.29. The van der Waals surface area contributed by atoms with Crippen molar-refractivity contribution in [1.29, 1.82) is 0 Å². The lowest BCUT2D eigenvalue weighted by atomic mass is 10.1. The Morgan fingerprint density at radius 3 is 2.71 bits per heavy atom. The third kappa shape index (κ3) is 2.00. The van der Waals surface area contributed by atoms with Crippen molar-refractivity contribution < 1.29 is 0 Å². The van der Waals surface area contributed by atoms with E-state index in [2.05, 4.69) is 16.9 Å². The van der Waals surface area contributed by atoms with Gasteiger partial charge in [0.1, 0.15) is 4.83 Å². The van der Waals surface area contributed by atoms with Crippen LogP contribution in [0.1, 0.15) is 35.7 Å². The first-order valence-electron chi connectivity index (χ1n) is 7.63. The summed E-state index contributed by atoms with van der Waals surface area (Å²) in [6.45, 7) is 1.88. The maximum atomic E-state index is 12.9. The molecule has 0 spiro atoms. The number of hydrogen-bond donors (Lipinski definition) is 1. The fourth-order valence-electron chi connectivity index (χ4n) is 3.67. The second-order valence-corrected chi connectivity index (χ2v) is 7.31. The Balaban J connectivity index is 1.89. The van der Waals surface area contributed by atoms with Gasteiger partial charge in [0.25, 0.3) is 5.56 Å². The van der Waals surface area contributed by atoms with Crippen LogP contribution in [-0.2, 0) is 12.8 Å². The van der Waals surface area contributed by atoms with Crippen molar-refractivity contribution in [2.75, 3.05) is 20.1 Å². The zero-order valence-electron chi connectivity index (χ0n) is 12.1. The van der Waals surface area contributed by atoms with Crippen molar-refractivity contribution >= 4 is 21.6 Å². The number of rotatable bonds is 1. The Morgan fingerprint density at radius 2 is 1.95 bits per heavy atom. The molecule has 1 saturated heterocycles. The second-order valence-electron chi connectivity index (χ2n) is 6.20. The lowest BCUT2D eigenvalue weighted by molar-refractivity contribution is 0.216. The average Bonchev–Trinajstić information content (AvgIpc) is 3.00. The molecule has 112 valence electrons. The minimum Gasteiger partial charge on any atom is -0.306 e. The highest BCUT2D eigenvalue weighted by Gasteiger charge is 2.26. The van der Waals surface area contributed by atoms with Crippen LogP contribution in [0.5, 0.6) is 0 Å². The quantitative estimate of drug-likeness (QED) is 0.869. The number of fused-ring (bicyclic) bond motifs is 3. The molecule has 0 bridgehead atoms. The Kier molecular flexibility index (Phi) is 3.04. The fourth-order valence-corrected chi connectivity index (χ4v) is 4.94. The molecule has 1 aliphatic carbocycles. The van der Waals surface area contributed by atoms with Crippen molar-refractivity contribution in [2.45, 2.75) is 38.1 Å². The van der Waals surface area contributed by atoms with E-state index in [9.17, 15) is 9.59 Å². The van der Waals surface area contributed by atoms with Crippen LogP contribution < -0.4 is 11.2 Å². The molecule has 6 heteroatoms. The molecule has 21 heavy (non-hydrogen) atoms. The predicted molar refractivity (Wildman–Crippen MR) is 84.5 cm³/mol. The molecule has 3 heterocycles. The third-order valence-corrected chi connectivity index (χ3v) is 6.05. The van der Waals surface area contributed by atoms with Gasteiger partial charge in [0.15, 0.2) is 0 Å². The summed E-state index contributed by atoms with van der Waals surface area (Å²) < 4.78 is 1.49. The zero-order valence-corrected chi connectivity index (χ0v) is 13.0. The molecule has 2 aromatic heterocycles. The van der Waals surface area contributed by atoms with Crippen LogP contribution in [0.25, 0.3) is 10.2 Å². The van der Waals surface area contributed by atoms with Gasteiger partial charge in [0.05, 0.1) is 5.39 Å². The van der Waals surface area contributed by atoms with Gasteiger partial charge in [-0.15, -0.1) is 11.3 Å². The SMILES string of the molecule is CN1CCC(n2c(=O)[nH]c3sc4c(c3c2=O)CCC4)CC1. The summed E-state index contributed by atoms with van der Waals surface area (Å²) in [5.41, 5.74) is 0.891. The van der Waals surface area contributed by atoms with E-state index in [0.29, 0.717) is 0 Å². The van der Waals surface area contributed by atoms with E-state index < -0.39 is 0 Å². The molecule has 2 aliphatic rings. The van der Waals surface area contributed by atoms with Crippen LogP contribution in [0.15, 0.2) is 9.59 Å². The number of aromatic nitrogens is 2. The number of aromatic amines is 1. The molecule has 0 aromatic carbocycles. The number of hydrogen-bond acceptors (Lipinski definition) is 4. The molecular formula is C15H19N3O2S. The van der Waals surface area contributed by atoms with E-state index in [4.69, 9.17) is 0 Å². The van der Waals surface area contributed by atoms with Gasteiger partial charge < -0.3 is 4.90 Å². The monoisotopic (exact) mass is 305 g/mol. The van der Waals surface area contributed by atoms with Crippen molar-refractivity contribution in [1.82, 2.24) is 14.5 Å². The van der Waals surface area contributed by atoms with Crippen LogP contribution in [0.3, 0.4) is 0 Å². The molecule has 0 saturated carbocycles. The van der Waals surface area contributed by atoms with E-state index in [1.807, 2.05) is 0 Å². The van der Waals surface area contributed by atoms with Crippen LogP contribution in [0.4, 0.5) is 0 Å². The number of likely N-dealkylation sites (tertiary alicyclic amines) is 1. The van der Waals surface area contributed by atoms with Crippen LogP contribution >= 0.6 is 11.3 Å². The largest absolute Gasteiger partial charge is 0.329 e. The summed E-state index contributed by atoms with van der Waals surface area (Å²) in [5.74, 6) is 0. The number of H-pyrrole nitrogens is 1. The van der Waals surface area contributed by atoms with E-state index in [-0.39, 0.29) is 17.3 Å². The van der Waals surface area contributed by atoms with Gasteiger partial charge in [-0.3, -0.25) is 14.3 Å². The standard InChI is InChI=1S/C15H19N3O2S/c1-17-7-5-9(6-8-17)18-14(19)12-10-3-2-4-11(10)21-13(12)16-15(18)20/h9H,2-8H2,1H3,(H,16,20). The molecule has 1 N–H and O–H groups in total. The molecule has 0 radical (unpaired) electrons. The maximum Gasteiger partial charge on any atom is 0.329 e. The van der Waals surface area contributed by atoms with Gasteiger partial charge in [-0.1, -0.05) is 0 Å². The molecule has 0 amide bonds. The van der Waals surface area contributed by atoms with E-state index in [0.717, 1.165) is 55.4 Å². The fraction of sp³-hybridized carbons (Fsp3) is 0.600. The van der Waals surface area contributed by atoms with E-state index >= 15 is 0 Å². The van der Waals surface area contributed by atoms with Crippen molar-refractivity contribution in [3.05, 3.63) is 31.3 Å². The number of piperidine rings is 1. The molecule has 2 aromatic rings. The van der Waals surface area contributed by atoms with Crippen molar-refractivity contribution in [3.63, 3.8) is 0 Å². The highest BCUT2D eigenvalue weighted by molar-refractivity contribution is 7.18. The third-order valence-electron chi connectivity index (χ3n) is 4.85. The van der Waals surface area contributed by atoms with Gasteiger partial charge in [-0.2, -0.15) is 0 Å². The molecule has 0 atom stereocenters. The van der Waals surface area contributed by atoms with E-state index in [1.54, 1.807) is 11.3 Å². The highest BCUT2D eigenvalue weighted by atomic mass is 32.1. The molecule has 1 aliphatic heterocycles. The van der Waals surface area contributed by atoms with Gasteiger partial charge in [-0.05, 0) is 57.8 Å². The van der Waals surface area contributed by atoms with Gasteiger partial charge in [-0.25, -0.2) is 4.79 Å². The molecule has 5 nitrogen and oxygen atoms in total. The Hall–Kier alpha value is -1.40. The lowest BCUT2D eigenvalue weighted by Crippen LogP contribution is -2.42. The van der Waals surface area contributed by atoms with Gasteiger partial charge in [0.2, 0.25) is 0 Å². The molecular weight excluding hydrogens is 286 g/mol. The minimum absolute atomic E-state index is 0.0406. The molecule has 0 unspecified atom stereocenters. The second kappa shape index (κ2) is 4.81. The van der Waals surface area contributed by atoms with Gasteiger partial charge in [0, 0.05) is 10.9 Å². The molecule has 1 fully saturated rings. The smallest absolute Gasteiger partial charge is 0.306 e. The first kappa shape index (κ1) is 13.3.